The average molecular weight is 675 g/mol. The second-order valence-corrected chi connectivity index (χ2v) is 14.8. The smallest absolute Gasteiger partial charge is 0.309 e. The number of benzene rings is 1. The molecule has 2 aliphatic rings. The standard InChI is InChI=1S/C35H50N4O7.ClH/c1-22-33-30(19-35(3,4)20-31(33)41)38(37-22)26-10-13-29(34(36)43)25(17-26)16-24-8-11-27(12-9-24)44-14-15-45-32(42)18-28(46-23(2)40)21-39(5,6)7;/h10,13,17,24,27-28H,8-9,11-12,14-16,18-21H2,1-7H3,(H-,36,43);1H. The molecule has 1 saturated carbocycles. The summed E-state index contributed by atoms with van der Waals surface area (Å²) in [7, 11) is 5.91. The number of carbonyl (C=O) groups excluding carboxylic acids is 4. The van der Waals surface area contributed by atoms with E-state index in [0.717, 1.165) is 60.3 Å². The number of quaternary nitrogens is 1. The fourth-order valence-corrected chi connectivity index (χ4v) is 6.89. The number of nitrogens with two attached hydrogens (primary N) is 1. The van der Waals surface area contributed by atoms with Gasteiger partial charge in [-0.25, -0.2) is 4.68 Å². The Morgan fingerprint density at radius 3 is 2.38 bits per heavy atom. The minimum absolute atomic E-state index is 0. The van der Waals surface area contributed by atoms with E-state index in [9.17, 15) is 19.2 Å². The number of aryl methyl sites for hydroxylation is 1. The zero-order valence-electron chi connectivity index (χ0n) is 28.9. The predicted octanol–water partition coefficient (Wildman–Crippen LogP) is 1.13. The van der Waals surface area contributed by atoms with Gasteiger partial charge in [-0.05, 0) is 80.5 Å². The zero-order valence-corrected chi connectivity index (χ0v) is 29.7. The molecule has 0 aliphatic heterocycles. The van der Waals surface area contributed by atoms with Crippen LogP contribution in [0.25, 0.3) is 5.69 Å². The Hall–Kier alpha value is -3.28. The van der Waals surface area contributed by atoms with Gasteiger partial charge in [-0.2, -0.15) is 5.10 Å². The molecule has 1 aromatic heterocycles. The van der Waals surface area contributed by atoms with E-state index in [1.54, 1.807) is 6.07 Å². The van der Waals surface area contributed by atoms with Crippen molar-refractivity contribution in [2.75, 3.05) is 40.9 Å². The monoisotopic (exact) mass is 674 g/mol. The van der Waals surface area contributed by atoms with E-state index >= 15 is 0 Å². The molecule has 4 rings (SSSR count). The summed E-state index contributed by atoms with van der Waals surface area (Å²) in [6, 6.07) is 5.64. The number of halogens is 1. The molecule has 12 heteroatoms. The van der Waals surface area contributed by atoms with Crippen LogP contribution in [0.3, 0.4) is 0 Å². The third kappa shape index (κ3) is 10.6. The third-order valence-corrected chi connectivity index (χ3v) is 8.80. The van der Waals surface area contributed by atoms with Crippen molar-refractivity contribution in [2.24, 2.45) is 17.1 Å². The maximum atomic E-state index is 12.9. The number of carbonyl (C=O) groups is 4. The number of amides is 1. The SMILES string of the molecule is CC(=O)OC(CC(=O)OCCOC1CCC(Cc2cc(-n3nc(C)c4c3CC(C)(C)CC4=O)ccc2C(N)=O)CC1)C[N+](C)(C)C.[Cl-]. The van der Waals surface area contributed by atoms with Gasteiger partial charge in [-0.15, -0.1) is 0 Å². The molecule has 1 fully saturated rings. The highest BCUT2D eigenvalue weighted by molar-refractivity contribution is 6.00. The van der Waals surface area contributed by atoms with Crippen LogP contribution >= 0.6 is 0 Å². The normalized spacial score (nSPS) is 19.7. The Bertz CT molecular complexity index is 1450. The van der Waals surface area contributed by atoms with Gasteiger partial charge in [-0.1, -0.05) is 13.8 Å². The fraction of sp³-hybridized carbons (Fsp3) is 0.629. The molecular weight excluding hydrogens is 624 g/mol. The molecule has 260 valence electrons. The first-order chi connectivity index (χ1) is 21.5. The molecule has 0 saturated heterocycles. The van der Waals surface area contributed by atoms with Crippen LogP contribution in [0.4, 0.5) is 0 Å². The van der Waals surface area contributed by atoms with E-state index in [1.165, 1.54) is 6.92 Å². The van der Waals surface area contributed by atoms with Gasteiger partial charge in [0.15, 0.2) is 11.9 Å². The lowest BCUT2D eigenvalue weighted by atomic mass is 9.75. The van der Waals surface area contributed by atoms with Crippen LogP contribution in [0.2, 0.25) is 0 Å². The highest BCUT2D eigenvalue weighted by Gasteiger charge is 2.36. The number of Topliss-reactive ketones (excluding diaryl/α,β-unsaturated/α-hetero) is 1. The number of fused-ring (bicyclic) bond motifs is 1. The topological polar surface area (TPSA) is 140 Å². The number of hydrogen-bond donors (Lipinski definition) is 1. The Morgan fingerprint density at radius 1 is 1.09 bits per heavy atom. The molecule has 0 spiro atoms. The molecule has 47 heavy (non-hydrogen) atoms. The maximum absolute atomic E-state index is 12.9. The quantitative estimate of drug-likeness (QED) is 0.190. The molecule has 1 aromatic carbocycles. The maximum Gasteiger partial charge on any atom is 0.309 e. The van der Waals surface area contributed by atoms with E-state index < -0.39 is 23.9 Å². The van der Waals surface area contributed by atoms with Crippen LogP contribution in [-0.4, -0.2) is 91.0 Å². The highest BCUT2D eigenvalue weighted by Crippen LogP contribution is 2.37. The second-order valence-electron chi connectivity index (χ2n) is 14.8. The van der Waals surface area contributed by atoms with Gasteiger partial charge < -0.3 is 36.8 Å². The Labute approximate surface area is 284 Å². The minimum atomic E-state index is -0.540. The van der Waals surface area contributed by atoms with Gasteiger partial charge in [0.05, 0.1) is 62.9 Å². The number of primary amides is 1. The van der Waals surface area contributed by atoms with Crippen molar-refractivity contribution in [3.63, 3.8) is 0 Å². The lowest BCUT2D eigenvalue weighted by Gasteiger charge is -2.30. The summed E-state index contributed by atoms with van der Waals surface area (Å²) >= 11 is 0. The first-order valence-corrected chi connectivity index (χ1v) is 16.3. The molecule has 1 atom stereocenters. The van der Waals surface area contributed by atoms with Crippen molar-refractivity contribution < 1.29 is 50.3 Å². The van der Waals surface area contributed by atoms with Crippen molar-refractivity contribution >= 4 is 23.6 Å². The molecule has 2 aromatic rings. The molecule has 0 bridgehead atoms. The summed E-state index contributed by atoms with van der Waals surface area (Å²) in [6.45, 7) is 8.37. The van der Waals surface area contributed by atoms with Gasteiger partial charge in [0.1, 0.15) is 13.2 Å². The summed E-state index contributed by atoms with van der Waals surface area (Å²) in [5, 5.41) is 4.75. The summed E-state index contributed by atoms with van der Waals surface area (Å²) in [5.74, 6) is -0.804. The summed E-state index contributed by atoms with van der Waals surface area (Å²) in [6.07, 6.45) is 5.10. The lowest BCUT2D eigenvalue weighted by Crippen LogP contribution is -3.00. The Kier molecular flexibility index (Phi) is 12.8. The van der Waals surface area contributed by atoms with E-state index in [1.807, 2.05) is 44.9 Å². The molecule has 2 N–H and O–H groups in total. The number of aromatic nitrogens is 2. The number of rotatable bonds is 13. The predicted molar refractivity (Wildman–Crippen MR) is 173 cm³/mol. The number of ketones is 1. The number of esters is 2. The summed E-state index contributed by atoms with van der Waals surface area (Å²) < 4.78 is 19.1. The van der Waals surface area contributed by atoms with E-state index in [0.29, 0.717) is 42.0 Å². The van der Waals surface area contributed by atoms with Gasteiger partial charge in [0.2, 0.25) is 5.91 Å². The van der Waals surface area contributed by atoms with Gasteiger partial charge >= 0.3 is 11.9 Å². The van der Waals surface area contributed by atoms with Crippen LogP contribution in [0, 0.1) is 18.3 Å². The minimum Gasteiger partial charge on any atom is -1.00 e. The van der Waals surface area contributed by atoms with Crippen molar-refractivity contribution in [3.8, 4) is 5.69 Å². The van der Waals surface area contributed by atoms with Gasteiger partial charge in [0, 0.05) is 18.9 Å². The highest BCUT2D eigenvalue weighted by atomic mass is 35.5. The second kappa shape index (κ2) is 15.7. The van der Waals surface area contributed by atoms with Crippen molar-refractivity contribution in [2.45, 2.75) is 91.3 Å². The Morgan fingerprint density at radius 2 is 1.77 bits per heavy atom. The van der Waals surface area contributed by atoms with Crippen molar-refractivity contribution in [3.05, 3.63) is 46.3 Å². The fourth-order valence-electron chi connectivity index (χ4n) is 6.89. The third-order valence-electron chi connectivity index (χ3n) is 8.80. The number of nitrogens with zero attached hydrogens (tertiary/aromatic N) is 3. The molecular formula is C35H51ClN4O7. The Balaban J connectivity index is 0.00000600. The van der Waals surface area contributed by atoms with E-state index in [2.05, 4.69) is 13.8 Å². The zero-order chi connectivity index (χ0) is 33.8. The first kappa shape index (κ1) is 38.2. The van der Waals surface area contributed by atoms with Crippen LogP contribution < -0.4 is 18.1 Å². The number of ether oxygens (including phenoxy) is 3. The van der Waals surface area contributed by atoms with Gasteiger partial charge in [-0.3, -0.25) is 19.2 Å². The number of likely N-dealkylation sites (N-methyl/N-ethyl adjacent to an activating group) is 1. The van der Waals surface area contributed by atoms with Crippen LogP contribution in [0.15, 0.2) is 18.2 Å². The molecule has 2 aliphatic carbocycles. The van der Waals surface area contributed by atoms with Gasteiger partial charge in [0.25, 0.3) is 0 Å². The first-order valence-electron chi connectivity index (χ1n) is 16.3. The van der Waals surface area contributed by atoms with Crippen molar-refractivity contribution in [1.82, 2.24) is 9.78 Å². The molecule has 0 radical (unpaired) electrons. The summed E-state index contributed by atoms with van der Waals surface area (Å²) in [5.41, 5.74) is 10.2. The van der Waals surface area contributed by atoms with E-state index in [-0.39, 0.29) is 42.7 Å². The summed E-state index contributed by atoms with van der Waals surface area (Å²) in [4.78, 5) is 49.1. The van der Waals surface area contributed by atoms with Crippen LogP contribution in [-0.2, 0) is 36.6 Å². The number of hydrogen-bond acceptors (Lipinski definition) is 8. The van der Waals surface area contributed by atoms with Crippen LogP contribution in [0.1, 0.15) is 97.0 Å². The average Bonchev–Trinajstić information content (AvgIpc) is 3.25. The van der Waals surface area contributed by atoms with Crippen molar-refractivity contribution in [1.29, 1.82) is 0 Å². The van der Waals surface area contributed by atoms with E-state index in [4.69, 9.17) is 25.0 Å². The molecule has 1 heterocycles. The lowest BCUT2D eigenvalue weighted by molar-refractivity contribution is -0.873. The largest absolute Gasteiger partial charge is 1.00 e. The molecule has 1 unspecified atom stereocenters. The van der Waals surface area contributed by atoms with Crippen LogP contribution in [0.5, 0.6) is 0 Å². The molecule has 11 nitrogen and oxygen atoms in total. The molecule has 1 amide bonds.